The van der Waals surface area contributed by atoms with E-state index in [0.29, 0.717) is 16.3 Å². The number of halogens is 1. The van der Waals surface area contributed by atoms with Crippen LogP contribution in [0.25, 0.3) is 0 Å². The first kappa shape index (κ1) is 14.5. The molecule has 0 aliphatic carbocycles. The molecule has 0 saturated carbocycles. The Kier molecular flexibility index (Phi) is 3.76. The lowest BCUT2D eigenvalue weighted by Crippen LogP contribution is -2.39. The summed E-state index contributed by atoms with van der Waals surface area (Å²) in [6, 6.07) is 5.00. The molecule has 1 aromatic carbocycles. The Hall–Kier alpha value is -0.860. The predicted molar refractivity (Wildman–Crippen MR) is 69.0 cm³/mol. The molecule has 1 aliphatic rings. The van der Waals surface area contributed by atoms with Gasteiger partial charge in [0.25, 0.3) is 0 Å². The summed E-state index contributed by atoms with van der Waals surface area (Å²) < 4.78 is 37.5. The maximum absolute atomic E-state index is 10.8. The fraction of sp³-hybridized carbons (Fsp3) is 0.455. The average molecular weight is 308 g/mol. The summed E-state index contributed by atoms with van der Waals surface area (Å²) in [6.07, 6.45) is -0.602. The van der Waals surface area contributed by atoms with Gasteiger partial charge in [-0.05, 0) is 12.1 Å². The lowest BCUT2D eigenvalue weighted by atomic mass is 10.1. The molecule has 0 fully saturated rings. The van der Waals surface area contributed by atoms with E-state index in [9.17, 15) is 8.42 Å². The molecule has 0 radical (unpaired) electrons. The summed E-state index contributed by atoms with van der Waals surface area (Å²) in [5.74, 6) is -0.379. The third kappa shape index (κ3) is 3.80. The van der Waals surface area contributed by atoms with Gasteiger partial charge >= 0.3 is 10.3 Å². The summed E-state index contributed by atoms with van der Waals surface area (Å²) >= 11 is 5.90. The van der Waals surface area contributed by atoms with E-state index >= 15 is 0 Å². The van der Waals surface area contributed by atoms with E-state index < -0.39 is 22.2 Å². The third-order valence-electron chi connectivity index (χ3n) is 2.49. The summed E-state index contributed by atoms with van der Waals surface area (Å²) in [7, 11) is -4.02. The molecular weight excluding hydrogens is 294 g/mol. The smallest absolute Gasteiger partial charge is 0.333 e. The van der Waals surface area contributed by atoms with E-state index in [-0.39, 0.29) is 6.61 Å². The highest BCUT2D eigenvalue weighted by molar-refractivity contribution is 7.84. The van der Waals surface area contributed by atoms with E-state index in [0.717, 1.165) is 0 Å². The molecular formula is C11H14ClNO5S. The van der Waals surface area contributed by atoms with Gasteiger partial charge < -0.3 is 9.47 Å². The van der Waals surface area contributed by atoms with E-state index in [2.05, 4.69) is 4.18 Å². The molecule has 19 heavy (non-hydrogen) atoms. The van der Waals surface area contributed by atoms with Crippen molar-refractivity contribution in [3.05, 3.63) is 28.8 Å². The van der Waals surface area contributed by atoms with Crippen LogP contribution in [-0.2, 0) is 19.2 Å². The molecule has 106 valence electrons. The molecule has 2 rings (SSSR count). The zero-order chi connectivity index (χ0) is 14.3. The van der Waals surface area contributed by atoms with Crippen LogP contribution in [0.3, 0.4) is 0 Å². The minimum atomic E-state index is -4.02. The molecule has 1 unspecified atom stereocenters. The summed E-state index contributed by atoms with van der Waals surface area (Å²) in [5, 5.41) is 5.32. The first-order chi connectivity index (χ1) is 8.66. The van der Waals surface area contributed by atoms with Crippen molar-refractivity contribution >= 4 is 21.9 Å². The number of benzene rings is 1. The van der Waals surface area contributed by atoms with Crippen LogP contribution in [0, 0.1) is 0 Å². The van der Waals surface area contributed by atoms with Crippen molar-refractivity contribution in [2.24, 2.45) is 5.14 Å². The monoisotopic (exact) mass is 307 g/mol. The zero-order valence-corrected chi connectivity index (χ0v) is 12.0. The summed E-state index contributed by atoms with van der Waals surface area (Å²) in [6.45, 7) is 3.20. The van der Waals surface area contributed by atoms with E-state index in [1.807, 2.05) is 0 Å². The second kappa shape index (κ2) is 4.92. The quantitative estimate of drug-likeness (QED) is 0.919. The van der Waals surface area contributed by atoms with Crippen LogP contribution in [0.2, 0.25) is 5.02 Å². The third-order valence-corrected chi connectivity index (χ3v) is 3.19. The standard InChI is InChI=1S/C11H14ClNO5S/c1-11(2)17-9-5-7(12)3-4-8(9)10(18-11)6-16-19(13,14)15/h3-5,10H,6H2,1-2H3,(H2,13,14,15). The van der Waals surface area contributed by atoms with Gasteiger partial charge in [0.05, 0.1) is 6.61 Å². The second-order valence-electron chi connectivity index (χ2n) is 4.57. The van der Waals surface area contributed by atoms with Gasteiger partial charge in [0.1, 0.15) is 11.9 Å². The Labute approximate surface area is 116 Å². The molecule has 0 bridgehead atoms. The molecule has 0 amide bonds. The van der Waals surface area contributed by atoms with Gasteiger partial charge in [0.2, 0.25) is 5.79 Å². The largest absolute Gasteiger partial charge is 0.463 e. The maximum atomic E-state index is 10.8. The van der Waals surface area contributed by atoms with Crippen LogP contribution in [0.15, 0.2) is 18.2 Å². The molecule has 0 saturated heterocycles. The van der Waals surface area contributed by atoms with Gasteiger partial charge in [0.15, 0.2) is 0 Å². The number of fused-ring (bicyclic) bond motifs is 1. The molecule has 1 aliphatic heterocycles. The first-order valence-corrected chi connectivity index (χ1v) is 7.35. The van der Waals surface area contributed by atoms with Gasteiger partial charge in [0, 0.05) is 24.4 Å². The summed E-state index contributed by atoms with van der Waals surface area (Å²) in [5.41, 5.74) is 0.660. The van der Waals surface area contributed by atoms with E-state index in [4.69, 9.17) is 26.2 Å². The van der Waals surface area contributed by atoms with Crippen molar-refractivity contribution in [1.29, 1.82) is 0 Å². The first-order valence-electron chi connectivity index (χ1n) is 5.50. The minimum absolute atomic E-state index is 0.222. The average Bonchev–Trinajstić information content (AvgIpc) is 2.22. The number of ether oxygens (including phenoxy) is 2. The van der Waals surface area contributed by atoms with Gasteiger partial charge in [-0.1, -0.05) is 17.7 Å². The Balaban J connectivity index is 2.29. The molecule has 1 atom stereocenters. The van der Waals surface area contributed by atoms with E-state index in [1.165, 1.54) is 0 Å². The zero-order valence-electron chi connectivity index (χ0n) is 10.4. The van der Waals surface area contributed by atoms with Gasteiger partial charge in [-0.2, -0.15) is 8.42 Å². The van der Waals surface area contributed by atoms with Gasteiger partial charge in [-0.15, -0.1) is 0 Å². The van der Waals surface area contributed by atoms with Crippen molar-refractivity contribution in [1.82, 2.24) is 0 Å². The van der Waals surface area contributed by atoms with Crippen LogP contribution >= 0.6 is 11.6 Å². The van der Waals surface area contributed by atoms with Crippen LogP contribution in [0.5, 0.6) is 5.75 Å². The van der Waals surface area contributed by atoms with Crippen LogP contribution in [0.1, 0.15) is 25.5 Å². The van der Waals surface area contributed by atoms with Crippen LogP contribution in [-0.4, -0.2) is 20.8 Å². The highest BCUT2D eigenvalue weighted by atomic mass is 35.5. The van der Waals surface area contributed by atoms with Crippen molar-refractivity contribution < 1.29 is 22.1 Å². The SMILES string of the molecule is CC1(C)Oc2cc(Cl)ccc2C(COS(N)(=O)=O)O1. The van der Waals surface area contributed by atoms with Crippen LogP contribution in [0.4, 0.5) is 0 Å². The molecule has 6 nitrogen and oxygen atoms in total. The maximum Gasteiger partial charge on any atom is 0.333 e. The van der Waals surface area contributed by atoms with Crippen molar-refractivity contribution in [2.75, 3.05) is 6.61 Å². The topological polar surface area (TPSA) is 87.9 Å². The normalized spacial score (nSPS) is 21.6. The Bertz CT molecular complexity index is 587. The van der Waals surface area contributed by atoms with Gasteiger partial charge in [-0.3, -0.25) is 4.18 Å². The van der Waals surface area contributed by atoms with Crippen molar-refractivity contribution in [2.45, 2.75) is 25.7 Å². The Morgan fingerprint density at radius 3 is 2.79 bits per heavy atom. The molecule has 8 heteroatoms. The van der Waals surface area contributed by atoms with Crippen LogP contribution < -0.4 is 9.88 Å². The number of nitrogens with two attached hydrogens (primary N) is 1. The van der Waals surface area contributed by atoms with Crippen molar-refractivity contribution in [3.8, 4) is 5.75 Å². The lowest BCUT2D eigenvalue weighted by Gasteiger charge is -2.37. The molecule has 1 aromatic rings. The molecule has 0 aromatic heterocycles. The second-order valence-corrected chi connectivity index (χ2v) is 6.23. The minimum Gasteiger partial charge on any atom is -0.463 e. The predicted octanol–water partition coefficient (Wildman–Crippen LogP) is 1.75. The molecule has 2 N–H and O–H groups in total. The Morgan fingerprint density at radius 1 is 1.47 bits per heavy atom. The number of hydrogen-bond donors (Lipinski definition) is 1. The Morgan fingerprint density at radius 2 is 2.16 bits per heavy atom. The lowest BCUT2D eigenvalue weighted by molar-refractivity contribution is -0.212. The number of rotatable bonds is 3. The van der Waals surface area contributed by atoms with E-state index in [1.54, 1.807) is 32.0 Å². The summed E-state index contributed by atoms with van der Waals surface area (Å²) in [4.78, 5) is 0. The fourth-order valence-electron chi connectivity index (χ4n) is 1.84. The number of hydrogen-bond acceptors (Lipinski definition) is 5. The molecule has 0 spiro atoms. The van der Waals surface area contributed by atoms with Gasteiger partial charge in [-0.25, -0.2) is 5.14 Å². The van der Waals surface area contributed by atoms with Crippen molar-refractivity contribution in [3.63, 3.8) is 0 Å². The fourth-order valence-corrected chi connectivity index (χ4v) is 2.31. The highest BCUT2D eigenvalue weighted by Gasteiger charge is 2.35. The molecule has 1 heterocycles. The highest BCUT2D eigenvalue weighted by Crippen LogP contribution is 2.40.